The Balaban J connectivity index is 3.05. The monoisotopic (exact) mass is 183 g/mol. The molecule has 0 radical (unpaired) electrons. The lowest BCUT2D eigenvalue weighted by atomic mass is 10.1. The SMILES string of the molecule is CN(C)C1=CC=CC(Cl)C1=[N+]=[N-]. The van der Waals surface area contributed by atoms with E-state index >= 15 is 0 Å². The van der Waals surface area contributed by atoms with Gasteiger partial charge >= 0.3 is 5.71 Å². The van der Waals surface area contributed by atoms with Crippen molar-refractivity contribution >= 4 is 17.3 Å². The summed E-state index contributed by atoms with van der Waals surface area (Å²) in [6, 6.07) is 0. The second kappa shape index (κ2) is 3.57. The molecule has 0 aliphatic heterocycles. The molecule has 1 aliphatic carbocycles. The van der Waals surface area contributed by atoms with E-state index in [9.17, 15) is 0 Å². The van der Waals surface area contributed by atoms with Crippen LogP contribution in [0.5, 0.6) is 0 Å². The maximum absolute atomic E-state index is 8.68. The van der Waals surface area contributed by atoms with Gasteiger partial charge in [-0.1, -0.05) is 12.2 Å². The van der Waals surface area contributed by atoms with Crippen LogP contribution < -0.4 is 0 Å². The number of nitrogens with zero attached hydrogens (tertiary/aromatic N) is 3. The highest BCUT2D eigenvalue weighted by Crippen LogP contribution is 2.14. The van der Waals surface area contributed by atoms with E-state index < -0.39 is 0 Å². The van der Waals surface area contributed by atoms with Gasteiger partial charge in [-0.15, -0.1) is 11.6 Å². The van der Waals surface area contributed by atoms with Crippen LogP contribution in [0.1, 0.15) is 0 Å². The lowest BCUT2D eigenvalue weighted by Crippen LogP contribution is -2.27. The number of halogens is 1. The highest BCUT2D eigenvalue weighted by molar-refractivity contribution is 6.35. The molecule has 4 heteroatoms. The molecule has 0 saturated carbocycles. The van der Waals surface area contributed by atoms with Crippen LogP contribution in [0.15, 0.2) is 23.9 Å². The second-order valence-corrected chi connectivity index (χ2v) is 3.19. The Kier molecular flexibility index (Phi) is 2.69. The average molecular weight is 184 g/mol. The van der Waals surface area contributed by atoms with Crippen LogP contribution in [0.4, 0.5) is 0 Å². The molecule has 3 nitrogen and oxygen atoms in total. The molecular formula is C8H10ClN3. The number of hydrogen-bond acceptors (Lipinski definition) is 1. The van der Waals surface area contributed by atoms with Crippen molar-refractivity contribution in [2.45, 2.75) is 5.38 Å². The minimum Gasteiger partial charge on any atom is -0.372 e. The van der Waals surface area contributed by atoms with Gasteiger partial charge < -0.3 is 10.4 Å². The van der Waals surface area contributed by atoms with E-state index in [0.717, 1.165) is 5.70 Å². The van der Waals surface area contributed by atoms with Crippen molar-refractivity contribution in [2.24, 2.45) is 0 Å². The topological polar surface area (TPSA) is 39.6 Å². The van der Waals surface area contributed by atoms with Gasteiger partial charge in [0.15, 0.2) is 5.38 Å². The van der Waals surface area contributed by atoms with E-state index in [2.05, 4.69) is 4.79 Å². The Morgan fingerprint density at radius 2 is 2.25 bits per heavy atom. The zero-order chi connectivity index (χ0) is 9.14. The van der Waals surface area contributed by atoms with Crippen molar-refractivity contribution in [2.75, 3.05) is 14.1 Å². The number of allylic oxidation sites excluding steroid dienone is 4. The van der Waals surface area contributed by atoms with Crippen LogP contribution in [0.25, 0.3) is 5.53 Å². The summed E-state index contributed by atoms with van der Waals surface area (Å²) in [5, 5.41) is -0.336. The first-order valence-electron chi connectivity index (χ1n) is 3.59. The fourth-order valence-electron chi connectivity index (χ4n) is 1.05. The third-order valence-corrected chi connectivity index (χ3v) is 2.00. The van der Waals surface area contributed by atoms with Crippen molar-refractivity contribution < 1.29 is 4.79 Å². The predicted octanol–water partition coefficient (Wildman–Crippen LogP) is 1.28. The zero-order valence-electron chi connectivity index (χ0n) is 7.03. The Bertz CT molecular complexity index is 285. The van der Waals surface area contributed by atoms with Crippen molar-refractivity contribution in [3.8, 4) is 0 Å². The molecule has 0 fully saturated rings. The zero-order valence-corrected chi connectivity index (χ0v) is 7.78. The molecule has 1 rings (SSSR count). The Labute approximate surface area is 76.6 Å². The summed E-state index contributed by atoms with van der Waals surface area (Å²) in [4.78, 5) is 5.01. The molecule has 0 amide bonds. The fraction of sp³-hybridized carbons (Fsp3) is 0.375. The Morgan fingerprint density at radius 3 is 2.67 bits per heavy atom. The van der Waals surface area contributed by atoms with Gasteiger partial charge in [0.1, 0.15) is 5.70 Å². The third-order valence-electron chi connectivity index (χ3n) is 1.65. The number of alkyl halides is 1. The van der Waals surface area contributed by atoms with Gasteiger partial charge in [0.2, 0.25) is 0 Å². The van der Waals surface area contributed by atoms with Crippen LogP contribution in [0, 0.1) is 0 Å². The first-order chi connectivity index (χ1) is 5.66. The molecule has 1 unspecified atom stereocenters. The van der Waals surface area contributed by atoms with Crippen LogP contribution >= 0.6 is 11.6 Å². The van der Waals surface area contributed by atoms with Crippen LogP contribution in [-0.4, -0.2) is 34.9 Å². The van der Waals surface area contributed by atoms with E-state index in [1.54, 1.807) is 6.08 Å². The average Bonchev–Trinajstić information content (AvgIpc) is 2.03. The largest absolute Gasteiger partial charge is 0.372 e. The van der Waals surface area contributed by atoms with E-state index in [4.69, 9.17) is 17.1 Å². The molecule has 12 heavy (non-hydrogen) atoms. The molecular weight excluding hydrogens is 174 g/mol. The first-order valence-corrected chi connectivity index (χ1v) is 4.02. The summed E-state index contributed by atoms with van der Waals surface area (Å²) in [5.41, 5.74) is 10.0. The lowest BCUT2D eigenvalue weighted by Gasteiger charge is -2.16. The highest BCUT2D eigenvalue weighted by Gasteiger charge is 2.26. The molecule has 0 N–H and O–H groups in total. The van der Waals surface area contributed by atoms with Gasteiger partial charge in [-0.05, 0) is 6.08 Å². The Hall–Kier alpha value is -1.05. The minimum atomic E-state index is -0.336. The smallest absolute Gasteiger partial charge is 0.336 e. The fourth-order valence-corrected chi connectivity index (χ4v) is 1.29. The van der Waals surface area contributed by atoms with Gasteiger partial charge in [-0.25, -0.2) is 0 Å². The maximum atomic E-state index is 8.68. The van der Waals surface area contributed by atoms with E-state index in [-0.39, 0.29) is 5.38 Å². The quantitative estimate of drug-likeness (QED) is 0.343. The van der Waals surface area contributed by atoms with E-state index in [0.29, 0.717) is 5.71 Å². The summed E-state index contributed by atoms with van der Waals surface area (Å²) in [7, 11) is 3.75. The summed E-state index contributed by atoms with van der Waals surface area (Å²) in [6.07, 6.45) is 5.47. The van der Waals surface area contributed by atoms with Crippen LogP contribution in [0.2, 0.25) is 0 Å². The lowest BCUT2D eigenvalue weighted by molar-refractivity contribution is -0.00789. The second-order valence-electron chi connectivity index (χ2n) is 2.72. The molecule has 0 heterocycles. The highest BCUT2D eigenvalue weighted by atomic mass is 35.5. The number of hydrogen-bond donors (Lipinski definition) is 0. The maximum Gasteiger partial charge on any atom is 0.336 e. The summed E-state index contributed by atoms with van der Waals surface area (Å²) >= 11 is 5.88. The van der Waals surface area contributed by atoms with E-state index in [1.165, 1.54) is 0 Å². The molecule has 0 aromatic rings. The van der Waals surface area contributed by atoms with Crippen LogP contribution in [-0.2, 0) is 0 Å². The van der Waals surface area contributed by atoms with Gasteiger partial charge in [-0.3, -0.25) is 0 Å². The third kappa shape index (κ3) is 1.58. The van der Waals surface area contributed by atoms with Crippen molar-refractivity contribution in [1.82, 2.24) is 4.90 Å². The number of rotatable bonds is 1. The van der Waals surface area contributed by atoms with Gasteiger partial charge in [0, 0.05) is 14.1 Å². The summed E-state index contributed by atoms with van der Waals surface area (Å²) in [6.45, 7) is 0. The van der Waals surface area contributed by atoms with Crippen molar-refractivity contribution in [3.05, 3.63) is 29.5 Å². The molecule has 0 aromatic heterocycles. The summed E-state index contributed by atoms with van der Waals surface area (Å²) < 4.78 is 0. The normalized spacial score (nSPS) is 21.8. The van der Waals surface area contributed by atoms with Gasteiger partial charge in [0.25, 0.3) is 0 Å². The molecule has 0 saturated heterocycles. The summed E-state index contributed by atoms with van der Waals surface area (Å²) in [5.74, 6) is 0. The predicted molar refractivity (Wildman–Crippen MR) is 49.2 cm³/mol. The minimum absolute atomic E-state index is 0.336. The van der Waals surface area contributed by atoms with Crippen molar-refractivity contribution in [3.63, 3.8) is 0 Å². The molecule has 1 aliphatic rings. The van der Waals surface area contributed by atoms with Gasteiger partial charge in [-0.2, -0.15) is 4.79 Å². The Morgan fingerprint density at radius 1 is 1.58 bits per heavy atom. The molecule has 0 aromatic carbocycles. The van der Waals surface area contributed by atoms with Gasteiger partial charge in [0.05, 0.1) is 0 Å². The molecule has 0 spiro atoms. The van der Waals surface area contributed by atoms with Crippen molar-refractivity contribution in [1.29, 1.82) is 0 Å². The molecule has 0 bridgehead atoms. The van der Waals surface area contributed by atoms with Crippen LogP contribution in [0.3, 0.4) is 0 Å². The standard InChI is InChI=1S/C8H10ClN3/c1-12(2)7-5-3-4-6(9)8(7)11-10/h3-6H,1-2H3. The molecule has 1 atom stereocenters. The first kappa shape index (κ1) is 9.04. The molecule has 64 valence electrons. The van der Waals surface area contributed by atoms with E-state index in [1.807, 2.05) is 31.1 Å².